The van der Waals surface area contributed by atoms with E-state index in [1.54, 1.807) is 0 Å². The van der Waals surface area contributed by atoms with Crippen molar-refractivity contribution in [1.82, 2.24) is 0 Å². The second-order valence-corrected chi connectivity index (χ2v) is 8.72. The number of rotatable bonds is 25. The van der Waals surface area contributed by atoms with Crippen LogP contribution in [0, 0.1) is 0 Å². The molecule has 170 valence electrons. The van der Waals surface area contributed by atoms with Crippen LogP contribution in [0.4, 0.5) is 0 Å². The van der Waals surface area contributed by atoms with Crippen molar-refractivity contribution in [2.75, 3.05) is 13.2 Å². The normalized spacial score (nSPS) is 11.4. The predicted octanol–water partition coefficient (Wildman–Crippen LogP) is 9.56. The van der Waals surface area contributed by atoms with Gasteiger partial charge in [0.25, 0.3) is 0 Å². The molecule has 0 heterocycles. The predicted molar refractivity (Wildman–Crippen MR) is 125 cm³/mol. The molecule has 0 aliphatic carbocycles. The maximum Gasteiger partial charge on any atom is 0.0822 e. The summed E-state index contributed by atoms with van der Waals surface area (Å²) in [5, 5.41) is 0. The second kappa shape index (κ2) is 26.9. The van der Waals surface area contributed by atoms with Crippen LogP contribution in [0.25, 0.3) is 0 Å². The Kier molecular flexibility index (Phi) is 26.8. The van der Waals surface area contributed by atoms with Crippen molar-refractivity contribution in [2.45, 2.75) is 155 Å². The highest BCUT2D eigenvalue weighted by atomic mass is 17.2. The first kappa shape index (κ1) is 27.9. The molecule has 0 bridgehead atoms. The van der Waals surface area contributed by atoms with E-state index in [0.29, 0.717) is 0 Å². The minimum absolute atomic E-state index is 0.773. The van der Waals surface area contributed by atoms with E-state index >= 15 is 0 Å². The second-order valence-electron chi connectivity index (χ2n) is 8.72. The van der Waals surface area contributed by atoms with Crippen molar-refractivity contribution in [1.29, 1.82) is 0 Å². The van der Waals surface area contributed by atoms with E-state index in [0.717, 1.165) is 26.1 Å². The topological polar surface area (TPSA) is 18.5 Å². The minimum atomic E-state index is 0.773. The summed E-state index contributed by atoms with van der Waals surface area (Å²) < 4.78 is 0. The Morgan fingerprint density at radius 3 is 0.750 bits per heavy atom. The highest BCUT2D eigenvalue weighted by molar-refractivity contribution is 4.49. The smallest absolute Gasteiger partial charge is 0.0822 e. The Morgan fingerprint density at radius 1 is 0.286 bits per heavy atom. The Morgan fingerprint density at radius 2 is 0.500 bits per heavy atom. The Balaban J connectivity index is 2.96. The summed E-state index contributed by atoms with van der Waals surface area (Å²) in [6.45, 7) is 6.12. The summed E-state index contributed by atoms with van der Waals surface area (Å²) >= 11 is 0. The molecule has 0 saturated heterocycles. The molecule has 2 heteroatoms. The molecule has 28 heavy (non-hydrogen) atoms. The first-order chi connectivity index (χ1) is 13.9. The van der Waals surface area contributed by atoms with Gasteiger partial charge in [-0.2, -0.15) is 0 Å². The summed E-state index contributed by atoms with van der Waals surface area (Å²) in [4.78, 5) is 10.6. The first-order valence-corrected chi connectivity index (χ1v) is 13.2. The van der Waals surface area contributed by atoms with E-state index in [9.17, 15) is 0 Å². The van der Waals surface area contributed by atoms with Crippen molar-refractivity contribution in [3.63, 3.8) is 0 Å². The monoisotopic (exact) mass is 398 g/mol. The summed E-state index contributed by atoms with van der Waals surface area (Å²) in [5.41, 5.74) is 0. The van der Waals surface area contributed by atoms with E-state index in [4.69, 9.17) is 9.78 Å². The fourth-order valence-corrected chi connectivity index (χ4v) is 3.77. The molecule has 0 rings (SSSR count). The molecule has 0 amide bonds. The minimum Gasteiger partial charge on any atom is -0.237 e. The van der Waals surface area contributed by atoms with E-state index < -0.39 is 0 Å². The van der Waals surface area contributed by atoms with Crippen molar-refractivity contribution in [3.8, 4) is 0 Å². The molecule has 0 N–H and O–H groups in total. The van der Waals surface area contributed by atoms with Crippen molar-refractivity contribution >= 4 is 0 Å². The van der Waals surface area contributed by atoms with Gasteiger partial charge in [0.2, 0.25) is 0 Å². The maximum atomic E-state index is 5.31. The largest absolute Gasteiger partial charge is 0.237 e. The van der Waals surface area contributed by atoms with Crippen LogP contribution in [0.5, 0.6) is 0 Å². The van der Waals surface area contributed by atoms with E-state index in [1.165, 1.54) is 128 Å². The molecule has 2 nitrogen and oxygen atoms in total. The Bertz CT molecular complexity index is 229. The number of hydrogen-bond acceptors (Lipinski definition) is 2. The van der Waals surface area contributed by atoms with Gasteiger partial charge in [-0.25, -0.2) is 9.78 Å². The van der Waals surface area contributed by atoms with Gasteiger partial charge in [-0.05, 0) is 12.8 Å². The molecule has 0 spiro atoms. The van der Waals surface area contributed by atoms with Gasteiger partial charge in [0.15, 0.2) is 0 Å². The average molecular weight is 399 g/mol. The lowest BCUT2D eigenvalue weighted by Gasteiger charge is -2.05. The average Bonchev–Trinajstić information content (AvgIpc) is 2.71. The number of unbranched alkanes of at least 4 members (excludes halogenated alkanes) is 20. The van der Waals surface area contributed by atoms with Crippen LogP contribution >= 0.6 is 0 Å². The zero-order valence-electron chi connectivity index (χ0n) is 19.8. The quantitative estimate of drug-likeness (QED) is 0.0865. The van der Waals surface area contributed by atoms with Crippen molar-refractivity contribution in [2.24, 2.45) is 0 Å². The summed E-state index contributed by atoms with van der Waals surface area (Å²) in [6, 6.07) is 0. The van der Waals surface area contributed by atoms with E-state index in [1.807, 2.05) is 0 Å². The molecule has 0 fully saturated rings. The number of hydrogen-bond donors (Lipinski definition) is 0. The van der Waals surface area contributed by atoms with Crippen LogP contribution in [0.2, 0.25) is 0 Å². The molecule has 0 aliphatic rings. The van der Waals surface area contributed by atoms with Gasteiger partial charge in [-0.15, -0.1) is 0 Å². The Labute approximate surface area is 178 Å². The molecule has 0 saturated carbocycles. The van der Waals surface area contributed by atoms with Gasteiger partial charge in [0, 0.05) is 0 Å². The molecule has 0 unspecified atom stereocenters. The zero-order valence-corrected chi connectivity index (χ0v) is 19.8. The lowest BCUT2D eigenvalue weighted by Crippen LogP contribution is -1.99. The third-order valence-corrected chi connectivity index (χ3v) is 5.75. The van der Waals surface area contributed by atoms with Crippen molar-refractivity contribution in [3.05, 3.63) is 0 Å². The van der Waals surface area contributed by atoms with Gasteiger partial charge in [0.05, 0.1) is 13.2 Å². The zero-order chi connectivity index (χ0) is 20.4. The molecule has 0 aromatic carbocycles. The third kappa shape index (κ3) is 25.9. The Hall–Kier alpha value is -0.0800. The van der Waals surface area contributed by atoms with Gasteiger partial charge in [-0.3, -0.25) is 0 Å². The van der Waals surface area contributed by atoms with Crippen LogP contribution in [-0.2, 0) is 9.78 Å². The summed E-state index contributed by atoms with van der Waals surface area (Å²) in [7, 11) is 0. The SMILES string of the molecule is CCCCCCCCCCCCCCOOCCCCCCCCCCCC. The van der Waals surface area contributed by atoms with Crippen molar-refractivity contribution < 1.29 is 9.78 Å². The van der Waals surface area contributed by atoms with Crippen LogP contribution in [-0.4, -0.2) is 13.2 Å². The molecule has 0 aromatic rings. The van der Waals surface area contributed by atoms with Gasteiger partial charge in [-0.1, -0.05) is 142 Å². The van der Waals surface area contributed by atoms with Crippen LogP contribution in [0.15, 0.2) is 0 Å². The lowest BCUT2D eigenvalue weighted by atomic mass is 10.1. The van der Waals surface area contributed by atoms with Crippen LogP contribution in [0.1, 0.15) is 155 Å². The third-order valence-electron chi connectivity index (χ3n) is 5.75. The molecular formula is C26H54O2. The molecule has 0 atom stereocenters. The van der Waals surface area contributed by atoms with Crippen LogP contribution in [0.3, 0.4) is 0 Å². The maximum absolute atomic E-state index is 5.31. The van der Waals surface area contributed by atoms with Crippen LogP contribution < -0.4 is 0 Å². The van der Waals surface area contributed by atoms with Gasteiger partial charge < -0.3 is 0 Å². The lowest BCUT2D eigenvalue weighted by molar-refractivity contribution is -0.295. The van der Waals surface area contributed by atoms with Gasteiger partial charge in [0.1, 0.15) is 0 Å². The van der Waals surface area contributed by atoms with E-state index in [-0.39, 0.29) is 0 Å². The highest BCUT2D eigenvalue weighted by Crippen LogP contribution is 2.12. The molecule has 0 aromatic heterocycles. The fourth-order valence-electron chi connectivity index (χ4n) is 3.77. The first-order valence-electron chi connectivity index (χ1n) is 13.2. The highest BCUT2D eigenvalue weighted by Gasteiger charge is 1.96. The summed E-state index contributed by atoms with van der Waals surface area (Å²) in [6.07, 6.45) is 30.3. The molecule has 0 radical (unpaired) electrons. The van der Waals surface area contributed by atoms with Gasteiger partial charge >= 0.3 is 0 Å². The standard InChI is InChI=1S/C26H54O2/c1-3-5-7-9-11-13-15-16-18-20-22-24-26-28-27-25-23-21-19-17-14-12-10-8-6-4-2/h3-26H2,1-2H3. The molecule has 0 aliphatic heterocycles. The fraction of sp³-hybridized carbons (Fsp3) is 1.00. The summed E-state index contributed by atoms with van der Waals surface area (Å²) in [5.74, 6) is 0. The molecular weight excluding hydrogens is 344 g/mol. The van der Waals surface area contributed by atoms with E-state index in [2.05, 4.69) is 13.8 Å².